The van der Waals surface area contributed by atoms with E-state index in [1.165, 1.54) is 17.5 Å². The molecule has 7 heteroatoms. The Morgan fingerprint density at radius 1 is 1.20 bits per heavy atom. The molecular weight excluding hydrogens is 354 g/mol. The van der Waals surface area contributed by atoms with Crippen LogP contribution in [0.4, 0.5) is 5.13 Å². The van der Waals surface area contributed by atoms with Gasteiger partial charge in [-0.15, -0.1) is 10.2 Å². The molecule has 2 aromatic heterocycles. The summed E-state index contributed by atoms with van der Waals surface area (Å²) in [5, 5.41) is 15.9. The largest absolute Gasteiger partial charge is 0.346 e. The highest BCUT2D eigenvalue weighted by Gasteiger charge is 2.25. The fraction of sp³-hybridized carbons (Fsp3) is 0.389. The summed E-state index contributed by atoms with van der Waals surface area (Å²) in [5.41, 5.74) is 2.53. The van der Waals surface area contributed by atoms with E-state index in [0.29, 0.717) is 5.92 Å². The SMILES string of the molecule is Cn1cc(CC2CCN(c3nnc(Cc4ccc(Cl)cc4)s3)C2)cn1. The van der Waals surface area contributed by atoms with E-state index in [9.17, 15) is 0 Å². The molecule has 0 N–H and O–H groups in total. The van der Waals surface area contributed by atoms with Crippen LogP contribution in [0.3, 0.4) is 0 Å². The topological polar surface area (TPSA) is 46.8 Å². The Kier molecular flexibility index (Phi) is 4.72. The number of aromatic nitrogens is 4. The summed E-state index contributed by atoms with van der Waals surface area (Å²) in [4.78, 5) is 2.37. The van der Waals surface area contributed by atoms with Gasteiger partial charge in [0.05, 0.1) is 6.20 Å². The average Bonchev–Trinajstić information content (AvgIpc) is 3.32. The van der Waals surface area contributed by atoms with E-state index in [1.807, 2.05) is 42.2 Å². The molecular formula is C18H20ClN5S. The molecule has 5 nitrogen and oxygen atoms in total. The van der Waals surface area contributed by atoms with Gasteiger partial charge in [0, 0.05) is 37.8 Å². The van der Waals surface area contributed by atoms with Crippen molar-refractivity contribution in [3.05, 3.63) is 57.8 Å². The molecule has 0 spiro atoms. The van der Waals surface area contributed by atoms with Crippen LogP contribution in [0.5, 0.6) is 0 Å². The first kappa shape index (κ1) is 16.5. The summed E-state index contributed by atoms with van der Waals surface area (Å²) in [6.07, 6.45) is 7.17. The van der Waals surface area contributed by atoms with Crippen LogP contribution >= 0.6 is 22.9 Å². The van der Waals surface area contributed by atoms with Crippen molar-refractivity contribution in [1.82, 2.24) is 20.0 Å². The van der Waals surface area contributed by atoms with Crippen molar-refractivity contribution in [3.63, 3.8) is 0 Å². The van der Waals surface area contributed by atoms with Gasteiger partial charge in [-0.1, -0.05) is 35.1 Å². The second-order valence-electron chi connectivity index (χ2n) is 6.61. The molecule has 0 amide bonds. The van der Waals surface area contributed by atoms with E-state index in [0.717, 1.165) is 41.1 Å². The smallest absolute Gasteiger partial charge is 0.208 e. The molecule has 1 aliphatic rings. The van der Waals surface area contributed by atoms with Gasteiger partial charge in [0.25, 0.3) is 0 Å². The van der Waals surface area contributed by atoms with Crippen LogP contribution in [0.1, 0.15) is 22.6 Å². The second kappa shape index (κ2) is 7.14. The van der Waals surface area contributed by atoms with Crippen LogP contribution in [-0.4, -0.2) is 33.1 Å². The predicted octanol–water partition coefficient (Wildman–Crippen LogP) is 3.58. The fourth-order valence-electron chi connectivity index (χ4n) is 3.30. The normalized spacial score (nSPS) is 17.4. The minimum atomic E-state index is 0.660. The van der Waals surface area contributed by atoms with Crippen LogP contribution in [0.2, 0.25) is 5.02 Å². The summed E-state index contributed by atoms with van der Waals surface area (Å²) < 4.78 is 1.87. The third-order valence-corrected chi connectivity index (χ3v) is 5.80. The summed E-state index contributed by atoms with van der Waals surface area (Å²) >= 11 is 7.64. The van der Waals surface area contributed by atoms with E-state index in [4.69, 9.17) is 11.6 Å². The quantitative estimate of drug-likeness (QED) is 0.685. The Balaban J connectivity index is 1.36. The van der Waals surface area contributed by atoms with Gasteiger partial charge in [0.1, 0.15) is 5.01 Å². The third-order valence-electron chi connectivity index (χ3n) is 4.56. The van der Waals surface area contributed by atoms with Crippen LogP contribution in [0, 0.1) is 5.92 Å². The molecule has 3 aromatic rings. The molecule has 1 atom stereocenters. The molecule has 130 valence electrons. The van der Waals surface area contributed by atoms with Gasteiger partial charge in [0.2, 0.25) is 5.13 Å². The molecule has 1 unspecified atom stereocenters. The van der Waals surface area contributed by atoms with Crippen LogP contribution in [-0.2, 0) is 19.9 Å². The maximum absolute atomic E-state index is 5.94. The summed E-state index contributed by atoms with van der Waals surface area (Å²) in [6.45, 7) is 2.10. The summed E-state index contributed by atoms with van der Waals surface area (Å²) in [7, 11) is 1.97. The number of aryl methyl sites for hydroxylation is 1. The highest BCUT2D eigenvalue weighted by Crippen LogP contribution is 2.29. The van der Waals surface area contributed by atoms with Gasteiger partial charge < -0.3 is 4.90 Å². The number of rotatable bonds is 5. The number of benzene rings is 1. The maximum atomic E-state index is 5.94. The van der Waals surface area contributed by atoms with Crippen molar-refractivity contribution in [2.24, 2.45) is 13.0 Å². The lowest BCUT2D eigenvalue weighted by molar-refractivity contribution is 0.586. The third kappa shape index (κ3) is 4.02. The fourth-order valence-corrected chi connectivity index (χ4v) is 4.34. The van der Waals surface area contributed by atoms with Crippen molar-refractivity contribution in [1.29, 1.82) is 0 Å². The van der Waals surface area contributed by atoms with Gasteiger partial charge in [-0.05, 0) is 42.0 Å². The number of halogens is 1. The monoisotopic (exact) mass is 373 g/mol. The van der Waals surface area contributed by atoms with Crippen molar-refractivity contribution >= 4 is 28.1 Å². The standard InChI is InChI=1S/C18H20ClN5S/c1-23-11-15(10-20-23)8-14-6-7-24(12-14)18-22-21-17(25-18)9-13-2-4-16(19)5-3-13/h2-5,10-11,14H,6-9,12H2,1H3. The molecule has 0 bridgehead atoms. The zero-order chi connectivity index (χ0) is 17.2. The average molecular weight is 374 g/mol. The van der Waals surface area contributed by atoms with Gasteiger partial charge in [-0.2, -0.15) is 5.10 Å². The van der Waals surface area contributed by atoms with Crippen molar-refractivity contribution in [2.75, 3.05) is 18.0 Å². The van der Waals surface area contributed by atoms with Crippen LogP contribution in [0.15, 0.2) is 36.7 Å². The zero-order valence-corrected chi connectivity index (χ0v) is 15.7. The van der Waals surface area contributed by atoms with Crippen molar-refractivity contribution in [3.8, 4) is 0 Å². The Labute approximate surface area is 156 Å². The molecule has 25 heavy (non-hydrogen) atoms. The maximum Gasteiger partial charge on any atom is 0.208 e. The second-order valence-corrected chi connectivity index (χ2v) is 8.09. The van der Waals surface area contributed by atoms with E-state index in [2.05, 4.69) is 26.4 Å². The van der Waals surface area contributed by atoms with E-state index in [-0.39, 0.29) is 0 Å². The van der Waals surface area contributed by atoms with E-state index >= 15 is 0 Å². The predicted molar refractivity (Wildman–Crippen MR) is 101 cm³/mol. The molecule has 0 saturated carbocycles. The zero-order valence-electron chi connectivity index (χ0n) is 14.1. The number of hydrogen-bond donors (Lipinski definition) is 0. The van der Waals surface area contributed by atoms with Gasteiger partial charge in [-0.3, -0.25) is 4.68 Å². The molecule has 1 saturated heterocycles. The lowest BCUT2D eigenvalue weighted by atomic mass is 10.0. The Bertz CT molecular complexity index is 841. The molecule has 1 aliphatic heterocycles. The number of anilines is 1. The summed E-state index contributed by atoms with van der Waals surface area (Å²) in [5.74, 6) is 0.660. The summed E-state index contributed by atoms with van der Waals surface area (Å²) in [6, 6.07) is 7.93. The highest BCUT2D eigenvalue weighted by molar-refractivity contribution is 7.15. The lowest BCUT2D eigenvalue weighted by Gasteiger charge is -2.13. The van der Waals surface area contributed by atoms with Gasteiger partial charge in [-0.25, -0.2) is 0 Å². The molecule has 1 aromatic carbocycles. The Morgan fingerprint density at radius 2 is 2.04 bits per heavy atom. The van der Waals surface area contributed by atoms with Crippen LogP contribution < -0.4 is 4.90 Å². The highest BCUT2D eigenvalue weighted by atomic mass is 35.5. The van der Waals surface area contributed by atoms with Crippen LogP contribution in [0.25, 0.3) is 0 Å². The van der Waals surface area contributed by atoms with E-state index < -0.39 is 0 Å². The van der Waals surface area contributed by atoms with E-state index in [1.54, 1.807) is 11.3 Å². The molecule has 3 heterocycles. The molecule has 0 aliphatic carbocycles. The number of hydrogen-bond acceptors (Lipinski definition) is 5. The Hall–Kier alpha value is -1.92. The minimum absolute atomic E-state index is 0.660. The van der Waals surface area contributed by atoms with Gasteiger partial charge >= 0.3 is 0 Å². The van der Waals surface area contributed by atoms with Crippen molar-refractivity contribution in [2.45, 2.75) is 19.3 Å². The van der Waals surface area contributed by atoms with Gasteiger partial charge in [0.15, 0.2) is 0 Å². The lowest BCUT2D eigenvalue weighted by Crippen LogP contribution is -2.19. The Morgan fingerprint density at radius 3 is 2.80 bits per heavy atom. The first-order valence-corrected chi connectivity index (χ1v) is 9.64. The minimum Gasteiger partial charge on any atom is -0.346 e. The molecule has 1 fully saturated rings. The first-order chi connectivity index (χ1) is 12.2. The number of nitrogens with zero attached hydrogens (tertiary/aromatic N) is 5. The molecule has 0 radical (unpaired) electrons. The van der Waals surface area contributed by atoms with Crippen molar-refractivity contribution < 1.29 is 0 Å². The molecule has 4 rings (SSSR count). The first-order valence-electron chi connectivity index (χ1n) is 8.45.